The fourth-order valence-corrected chi connectivity index (χ4v) is 2.63. The number of hydrogen-bond acceptors (Lipinski definition) is 11. The molecule has 1 N–H and O–H groups in total. The molecule has 0 aliphatic rings. The molecule has 0 atom stereocenters. The van der Waals surface area contributed by atoms with Gasteiger partial charge in [0.05, 0.1) is 44.6 Å². The van der Waals surface area contributed by atoms with Crippen LogP contribution in [0.25, 0.3) is 10.4 Å². The fraction of sp³-hybridized carbons (Fsp3) is 0.391. The highest BCUT2D eigenvalue weighted by molar-refractivity contribution is 5.84. The number of nitrogens with one attached hydrogen (secondary N) is 1. The van der Waals surface area contributed by atoms with E-state index in [1.54, 1.807) is 24.3 Å². The molecular weight excluding hydrogens is 506 g/mol. The first kappa shape index (κ1) is 29.8. The van der Waals surface area contributed by atoms with E-state index >= 15 is 0 Å². The Morgan fingerprint density at radius 2 is 1.47 bits per heavy atom. The first-order chi connectivity index (χ1) is 18.5. The van der Waals surface area contributed by atoms with Gasteiger partial charge in [0.1, 0.15) is 19.0 Å². The van der Waals surface area contributed by atoms with Crippen molar-refractivity contribution in [1.29, 1.82) is 0 Å². The number of anilines is 1. The predicted octanol–water partition coefficient (Wildman–Crippen LogP) is 4.22. The normalized spacial score (nSPS) is 10.2. The molecule has 0 radical (unpaired) electrons. The largest absolute Gasteiger partial charge is 0.514 e. The Balaban J connectivity index is 1.52. The number of carbonyl (C=O) groups is 2. The Morgan fingerprint density at radius 1 is 0.868 bits per heavy atom. The number of ether oxygens (including phenoxy) is 6. The van der Waals surface area contributed by atoms with Crippen LogP contribution in [0.2, 0.25) is 0 Å². The molecule has 204 valence electrons. The van der Waals surface area contributed by atoms with Crippen molar-refractivity contribution in [2.45, 2.75) is 6.61 Å². The summed E-state index contributed by atoms with van der Waals surface area (Å²) in [4.78, 5) is 36.4. The molecule has 0 fully saturated rings. The smallest absolute Gasteiger partial charge is 0.447 e. The molecule has 1 amide bonds. The van der Waals surface area contributed by atoms with Gasteiger partial charge in [0.25, 0.3) is 5.69 Å². The van der Waals surface area contributed by atoms with Gasteiger partial charge in [0.15, 0.2) is 0 Å². The van der Waals surface area contributed by atoms with Crippen molar-refractivity contribution in [3.05, 3.63) is 74.7 Å². The molecule has 0 unspecified atom stereocenters. The molecule has 38 heavy (non-hydrogen) atoms. The molecular formula is C23H27N5O10. The third kappa shape index (κ3) is 13.0. The zero-order valence-electron chi connectivity index (χ0n) is 20.4. The van der Waals surface area contributed by atoms with Crippen molar-refractivity contribution in [3.63, 3.8) is 0 Å². The molecule has 2 aromatic carbocycles. The minimum atomic E-state index is -0.966. The number of carbonyl (C=O) groups excluding carboxylic acids is 2. The van der Waals surface area contributed by atoms with E-state index in [-0.39, 0.29) is 37.8 Å². The van der Waals surface area contributed by atoms with Crippen LogP contribution in [0.4, 0.5) is 21.0 Å². The van der Waals surface area contributed by atoms with E-state index < -0.39 is 17.2 Å². The molecule has 2 rings (SSSR count). The van der Waals surface area contributed by atoms with Gasteiger partial charge in [-0.2, -0.15) is 0 Å². The second-order valence-corrected chi connectivity index (χ2v) is 7.14. The number of rotatable bonds is 17. The lowest BCUT2D eigenvalue weighted by atomic mass is 10.2. The monoisotopic (exact) mass is 533 g/mol. The maximum Gasteiger partial charge on any atom is 0.514 e. The Hall–Kier alpha value is -4.43. The summed E-state index contributed by atoms with van der Waals surface area (Å²) in [6.45, 7) is 2.24. The van der Waals surface area contributed by atoms with Crippen molar-refractivity contribution in [2.75, 3.05) is 58.1 Å². The van der Waals surface area contributed by atoms with Gasteiger partial charge in [-0.1, -0.05) is 17.2 Å². The quantitative estimate of drug-likeness (QED) is 0.0449. The SMILES string of the molecule is [N-]=[N+]=NCCOCCOCCOCCOC(=O)Nc1ccc(COC(=O)Oc2ccc([N+](=O)[O-])cc2)cc1. The number of azide groups is 1. The van der Waals surface area contributed by atoms with E-state index in [0.29, 0.717) is 44.3 Å². The first-order valence-corrected chi connectivity index (χ1v) is 11.3. The Labute approximate surface area is 217 Å². The van der Waals surface area contributed by atoms with Crippen LogP contribution in [0.1, 0.15) is 5.56 Å². The number of amides is 1. The lowest BCUT2D eigenvalue weighted by Gasteiger charge is -2.09. The zero-order valence-corrected chi connectivity index (χ0v) is 20.4. The summed E-state index contributed by atoms with van der Waals surface area (Å²) in [5.41, 5.74) is 9.10. The van der Waals surface area contributed by atoms with Crippen molar-refractivity contribution in [2.24, 2.45) is 5.11 Å². The lowest BCUT2D eigenvalue weighted by Crippen LogP contribution is -2.18. The van der Waals surface area contributed by atoms with Crippen LogP contribution in [0.15, 0.2) is 53.6 Å². The van der Waals surface area contributed by atoms with Crippen LogP contribution in [-0.2, 0) is 30.3 Å². The third-order valence-corrected chi connectivity index (χ3v) is 4.41. The van der Waals surface area contributed by atoms with E-state index in [0.717, 1.165) is 0 Å². The standard InChI is InChI=1S/C23H27N5O10/c24-27-25-9-10-33-11-12-34-13-14-35-15-16-36-22(29)26-19-3-1-18(2-4-19)17-37-23(30)38-21-7-5-20(6-8-21)28(31)32/h1-8H,9-17H2,(H,26,29). The first-order valence-electron chi connectivity index (χ1n) is 11.3. The van der Waals surface area contributed by atoms with Gasteiger partial charge in [-0.3, -0.25) is 15.4 Å². The maximum absolute atomic E-state index is 11.9. The van der Waals surface area contributed by atoms with E-state index in [9.17, 15) is 19.7 Å². The van der Waals surface area contributed by atoms with Crippen LogP contribution < -0.4 is 10.1 Å². The number of nitrogens with zero attached hydrogens (tertiary/aromatic N) is 4. The van der Waals surface area contributed by atoms with Gasteiger partial charge in [-0.05, 0) is 35.4 Å². The van der Waals surface area contributed by atoms with E-state index in [4.69, 9.17) is 34.0 Å². The second-order valence-electron chi connectivity index (χ2n) is 7.14. The van der Waals surface area contributed by atoms with E-state index in [1.165, 1.54) is 24.3 Å². The summed E-state index contributed by atoms with van der Waals surface area (Å²) in [5, 5.41) is 16.5. The summed E-state index contributed by atoms with van der Waals surface area (Å²) in [5.74, 6) is 0.110. The molecule has 0 aliphatic carbocycles. The molecule has 0 saturated heterocycles. The Morgan fingerprint density at radius 3 is 2.08 bits per heavy atom. The van der Waals surface area contributed by atoms with Crippen LogP contribution >= 0.6 is 0 Å². The molecule has 15 heteroatoms. The fourth-order valence-electron chi connectivity index (χ4n) is 2.63. The summed E-state index contributed by atoms with van der Waals surface area (Å²) in [6, 6.07) is 11.5. The minimum absolute atomic E-state index is 0.0527. The molecule has 0 heterocycles. The predicted molar refractivity (Wildman–Crippen MR) is 132 cm³/mol. The Bertz CT molecular complexity index is 1060. The summed E-state index contributed by atoms with van der Waals surface area (Å²) in [6.07, 6.45) is -1.62. The highest BCUT2D eigenvalue weighted by Gasteiger charge is 2.10. The molecule has 0 aromatic heterocycles. The highest BCUT2D eigenvalue weighted by atomic mass is 16.7. The van der Waals surface area contributed by atoms with Gasteiger partial charge >= 0.3 is 12.2 Å². The summed E-state index contributed by atoms with van der Waals surface area (Å²) in [7, 11) is 0. The summed E-state index contributed by atoms with van der Waals surface area (Å²) >= 11 is 0. The maximum atomic E-state index is 11.9. The van der Waals surface area contributed by atoms with E-state index in [2.05, 4.69) is 15.3 Å². The van der Waals surface area contributed by atoms with Crippen molar-refractivity contribution >= 4 is 23.6 Å². The van der Waals surface area contributed by atoms with Gasteiger partial charge in [0.2, 0.25) is 0 Å². The van der Waals surface area contributed by atoms with E-state index in [1.807, 2.05) is 0 Å². The molecule has 15 nitrogen and oxygen atoms in total. The Kier molecular flexibility index (Phi) is 14.0. The second kappa shape index (κ2) is 17.9. The van der Waals surface area contributed by atoms with Gasteiger partial charge < -0.3 is 28.4 Å². The third-order valence-electron chi connectivity index (χ3n) is 4.41. The number of nitro groups is 1. The number of benzene rings is 2. The topological polar surface area (TPSA) is 193 Å². The van der Waals surface area contributed by atoms with Crippen molar-refractivity contribution < 1.29 is 42.9 Å². The molecule has 0 bridgehead atoms. The lowest BCUT2D eigenvalue weighted by molar-refractivity contribution is -0.384. The summed E-state index contributed by atoms with van der Waals surface area (Å²) < 4.78 is 30.8. The highest BCUT2D eigenvalue weighted by Crippen LogP contribution is 2.18. The average Bonchev–Trinajstić information content (AvgIpc) is 2.91. The molecule has 0 aliphatic heterocycles. The van der Waals surface area contributed by atoms with Crippen molar-refractivity contribution in [1.82, 2.24) is 0 Å². The minimum Gasteiger partial charge on any atom is -0.447 e. The van der Waals surface area contributed by atoms with Gasteiger partial charge in [0, 0.05) is 29.3 Å². The van der Waals surface area contributed by atoms with Crippen molar-refractivity contribution in [3.8, 4) is 5.75 Å². The van der Waals surface area contributed by atoms with Gasteiger partial charge in [-0.25, -0.2) is 9.59 Å². The van der Waals surface area contributed by atoms with Crippen LogP contribution in [0, 0.1) is 10.1 Å². The van der Waals surface area contributed by atoms with Crippen LogP contribution in [0.5, 0.6) is 5.75 Å². The van der Waals surface area contributed by atoms with Crippen LogP contribution in [-0.4, -0.2) is 70.0 Å². The zero-order chi connectivity index (χ0) is 27.4. The van der Waals surface area contributed by atoms with Crippen LogP contribution in [0.3, 0.4) is 0 Å². The number of hydrogen-bond donors (Lipinski definition) is 1. The number of nitro benzene ring substituents is 1. The molecule has 0 saturated carbocycles. The van der Waals surface area contributed by atoms with Gasteiger partial charge in [-0.15, -0.1) is 0 Å². The average molecular weight is 533 g/mol. The molecule has 2 aromatic rings. The number of non-ortho nitro benzene ring substituents is 1. The molecule has 0 spiro atoms.